The second-order valence-corrected chi connectivity index (χ2v) is 22.3. The minimum atomic E-state index is -2.19. The van der Waals surface area contributed by atoms with Crippen LogP contribution in [0.5, 0.6) is 0 Å². The number of rotatable bonds is 4. The summed E-state index contributed by atoms with van der Waals surface area (Å²) in [7, 11) is 0. The van der Waals surface area contributed by atoms with Crippen LogP contribution in [0, 0.1) is 0 Å². The summed E-state index contributed by atoms with van der Waals surface area (Å²) in [6.07, 6.45) is 0. The molecular formula is C7H16OPb. The number of hydrogen-bond donors (Lipinski definition) is 0. The van der Waals surface area contributed by atoms with Crippen molar-refractivity contribution in [3.63, 3.8) is 0 Å². The van der Waals surface area contributed by atoms with Crippen LogP contribution in [0.3, 0.4) is 0 Å². The molecule has 0 aliphatic heterocycles. The molecule has 0 amide bonds. The second-order valence-electron chi connectivity index (χ2n) is 2.54. The third kappa shape index (κ3) is 2.35. The zero-order valence-electron chi connectivity index (χ0n) is 6.61. The van der Waals surface area contributed by atoms with Crippen molar-refractivity contribution in [2.75, 3.05) is 0 Å². The molecule has 0 atom stereocenters. The van der Waals surface area contributed by atoms with Gasteiger partial charge in [-0.2, -0.15) is 0 Å². The van der Waals surface area contributed by atoms with E-state index in [0.717, 1.165) is 0 Å². The van der Waals surface area contributed by atoms with Gasteiger partial charge < -0.3 is 0 Å². The molecule has 0 radical (unpaired) electrons. The van der Waals surface area contributed by atoms with Crippen molar-refractivity contribution in [2.24, 2.45) is 0 Å². The SMILES string of the molecule is C[CH2][Pb]([CH]=O)([CH2]C)[CH2]C. The normalized spacial score (nSPS) is 11.4. The fourth-order valence-electron chi connectivity index (χ4n) is 1.00. The molecule has 0 N–H and O–H groups in total. The van der Waals surface area contributed by atoms with E-state index >= 15 is 0 Å². The van der Waals surface area contributed by atoms with Crippen LogP contribution in [0.15, 0.2) is 0 Å². The minimum absolute atomic E-state index is 1.20. The zero-order valence-corrected chi connectivity index (χ0v) is 10.5. The summed E-state index contributed by atoms with van der Waals surface area (Å²) in [5, 5.41) is 0. The third-order valence-electron chi connectivity index (χ3n) is 2.36. The molecule has 54 valence electrons. The van der Waals surface area contributed by atoms with Gasteiger partial charge in [0.15, 0.2) is 0 Å². The monoisotopic (exact) mass is 324 g/mol. The molecule has 0 saturated carbocycles. The Morgan fingerprint density at radius 2 is 1.44 bits per heavy atom. The summed E-state index contributed by atoms with van der Waals surface area (Å²) in [6, 6.07) is 0. The molecule has 0 heterocycles. The van der Waals surface area contributed by atoms with E-state index in [1.54, 1.807) is 0 Å². The summed E-state index contributed by atoms with van der Waals surface area (Å²) >= 11 is -2.19. The summed E-state index contributed by atoms with van der Waals surface area (Å²) < 4.78 is 4.92. The topological polar surface area (TPSA) is 17.1 Å². The average Bonchev–Trinajstić information content (AvgIpc) is 1.95. The van der Waals surface area contributed by atoms with Crippen LogP contribution in [0.4, 0.5) is 0 Å². The first kappa shape index (κ1) is 9.59. The number of carbonyl (C=O) groups excluding carboxylic acids is 1. The molecule has 0 spiro atoms. The van der Waals surface area contributed by atoms with Gasteiger partial charge in [0.2, 0.25) is 0 Å². The fraction of sp³-hybridized carbons (Fsp3) is 0.857. The van der Waals surface area contributed by atoms with Crippen molar-refractivity contribution < 1.29 is 4.79 Å². The van der Waals surface area contributed by atoms with Crippen molar-refractivity contribution >= 4 is 25.0 Å². The molecule has 0 aromatic rings. The molecule has 0 unspecified atom stereocenters. The Labute approximate surface area is 62.5 Å². The van der Waals surface area contributed by atoms with Gasteiger partial charge in [-0.25, -0.2) is 0 Å². The van der Waals surface area contributed by atoms with Crippen LogP contribution < -0.4 is 0 Å². The van der Waals surface area contributed by atoms with E-state index in [4.69, 9.17) is 0 Å². The third-order valence-corrected chi connectivity index (χ3v) is 20.7. The van der Waals surface area contributed by atoms with Crippen LogP contribution >= 0.6 is 0 Å². The van der Waals surface area contributed by atoms with Gasteiger partial charge in [-0.05, 0) is 0 Å². The molecule has 1 nitrogen and oxygen atoms in total. The quantitative estimate of drug-likeness (QED) is 0.573. The Hall–Kier alpha value is 0.592. The van der Waals surface area contributed by atoms with Gasteiger partial charge in [0.25, 0.3) is 0 Å². The predicted octanol–water partition coefficient (Wildman–Crippen LogP) is 2.27. The molecule has 2 heteroatoms. The van der Waals surface area contributed by atoms with Crippen molar-refractivity contribution in [3.05, 3.63) is 0 Å². The van der Waals surface area contributed by atoms with Crippen molar-refractivity contribution in [1.82, 2.24) is 0 Å². The summed E-state index contributed by atoms with van der Waals surface area (Å²) in [6.45, 7) is 6.51. The van der Waals surface area contributed by atoms with Crippen molar-refractivity contribution in [3.8, 4) is 0 Å². The Morgan fingerprint density at radius 1 is 1.11 bits per heavy atom. The molecule has 0 aromatic heterocycles. The molecule has 9 heavy (non-hydrogen) atoms. The molecular weight excluding hydrogens is 307 g/mol. The van der Waals surface area contributed by atoms with Crippen LogP contribution in [0.2, 0.25) is 11.9 Å². The van der Waals surface area contributed by atoms with Gasteiger partial charge in [-0.3, -0.25) is 0 Å². The van der Waals surface area contributed by atoms with E-state index in [0.29, 0.717) is 0 Å². The van der Waals surface area contributed by atoms with Gasteiger partial charge in [0.1, 0.15) is 0 Å². The summed E-state index contributed by atoms with van der Waals surface area (Å²) in [5.74, 6) is 0. The molecule has 0 saturated heterocycles. The zero-order chi connectivity index (χ0) is 7.33. The van der Waals surface area contributed by atoms with E-state index in [1.165, 1.54) is 15.8 Å². The van der Waals surface area contributed by atoms with Gasteiger partial charge in [0.05, 0.1) is 0 Å². The first-order valence-electron chi connectivity index (χ1n) is 3.71. The first-order valence-corrected chi connectivity index (χ1v) is 14.2. The summed E-state index contributed by atoms with van der Waals surface area (Å²) in [5.41, 5.74) is 0. The molecule has 0 bridgehead atoms. The van der Waals surface area contributed by atoms with E-state index in [2.05, 4.69) is 20.8 Å². The van der Waals surface area contributed by atoms with E-state index < -0.39 is 21.2 Å². The predicted molar refractivity (Wildman–Crippen MR) is 43.9 cm³/mol. The van der Waals surface area contributed by atoms with Gasteiger partial charge in [0, 0.05) is 0 Å². The van der Waals surface area contributed by atoms with Gasteiger partial charge in [-0.15, -0.1) is 0 Å². The average molecular weight is 323 g/mol. The van der Waals surface area contributed by atoms with Gasteiger partial charge >= 0.3 is 62.5 Å². The van der Waals surface area contributed by atoms with Gasteiger partial charge in [-0.1, -0.05) is 0 Å². The van der Waals surface area contributed by atoms with E-state index in [-0.39, 0.29) is 0 Å². The maximum atomic E-state index is 10.6. The van der Waals surface area contributed by atoms with Crippen molar-refractivity contribution in [1.29, 1.82) is 0 Å². The Balaban J connectivity index is 3.98. The molecule has 0 aliphatic carbocycles. The molecule has 0 rings (SSSR count). The summed E-state index contributed by atoms with van der Waals surface area (Å²) in [4.78, 5) is 10.6. The maximum absolute atomic E-state index is 10.6. The van der Waals surface area contributed by atoms with Crippen LogP contribution in [0.25, 0.3) is 0 Å². The number of carbonyl (C=O) groups is 1. The second kappa shape index (κ2) is 4.41. The Kier molecular flexibility index (Phi) is 4.70. The molecule has 0 aliphatic rings. The Bertz CT molecular complexity index is 78.7. The van der Waals surface area contributed by atoms with Crippen molar-refractivity contribution in [2.45, 2.75) is 32.7 Å². The van der Waals surface area contributed by atoms with E-state index in [9.17, 15) is 4.79 Å². The Morgan fingerprint density at radius 3 is 1.44 bits per heavy atom. The van der Waals surface area contributed by atoms with Crippen LogP contribution in [-0.4, -0.2) is 25.0 Å². The number of hydrogen-bond acceptors (Lipinski definition) is 1. The first-order chi connectivity index (χ1) is 4.24. The fourth-order valence-corrected chi connectivity index (χ4v) is 8.77. The van der Waals surface area contributed by atoms with E-state index in [1.807, 2.05) is 0 Å². The van der Waals surface area contributed by atoms with Crippen LogP contribution in [0.1, 0.15) is 20.8 Å². The molecule has 0 aromatic carbocycles. The van der Waals surface area contributed by atoms with Crippen LogP contribution in [-0.2, 0) is 4.79 Å². The standard InChI is InChI=1S/3C2H5.CHO.Pb/c4*1-2;/h3*1H2,2H3;1H;. The molecule has 0 fully saturated rings.